The summed E-state index contributed by atoms with van der Waals surface area (Å²) in [5, 5.41) is 9.15. The van der Waals surface area contributed by atoms with Crippen LogP contribution in [0.15, 0.2) is 42.5 Å². The second-order valence-corrected chi connectivity index (χ2v) is 5.34. The predicted molar refractivity (Wildman–Crippen MR) is 89.2 cm³/mol. The third-order valence-corrected chi connectivity index (χ3v) is 3.45. The molecule has 2 rings (SSSR count). The number of benzene rings is 2. The lowest BCUT2D eigenvalue weighted by molar-refractivity contribution is 0.209. The van der Waals surface area contributed by atoms with Gasteiger partial charge >= 0.3 is 0 Å². The van der Waals surface area contributed by atoms with Gasteiger partial charge in [-0.15, -0.1) is 0 Å². The van der Waals surface area contributed by atoms with Crippen LogP contribution in [-0.4, -0.2) is 20.3 Å². The second-order valence-electron chi connectivity index (χ2n) is 5.34. The summed E-state index contributed by atoms with van der Waals surface area (Å²) in [4.78, 5) is 0. The highest BCUT2D eigenvalue weighted by molar-refractivity contribution is 5.52. The predicted octanol–water partition coefficient (Wildman–Crippen LogP) is 4.15. The van der Waals surface area contributed by atoms with Crippen LogP contribution >= 0.6 is 0 Å². The monoisotopic (exact) mass is 311 g/mol. The molecule has 0 fully saturated rings. The van der Waals surface area contributed by atoms with Gasteiger partial charge in [-0.25, -0.2) is 0 Å². The van der Waals surface area contributed by atoms with Crippen molar-refractivity contribution in [2.45, 2.75) is 19.8 Å². The topological polar surface area (TPSA) is 51.5 Å². The minimum absolute atomic E-state index is 0.335. The molecule has 0 N–H and O–H groups in total. The largest absolute Gasteiger partial charge is 0.493 e. The molecule has 0 aromatic heterocycles. The Balaban J connectivity index is 1.98. The van der Waals surface area contributed by atoms with Gasteiger partial charge in [0.25, 0.3) is 0 Å². The number of hydrogen-bond acceptors (Lipinski definition) is 4. The number of nitrogens with zero attached hydrogens (tertiary/aromatic N) is 1. The molecule has 0 aliphatic rings. The number of methoxy groups -OCH3 is 1. The van der Waals surface area contributed by atoms with Crippen LogP contribution in [0, 0.1) is 11.3 Å². The van der Waals surface area contributed by atoms with Gasteiger partial charge in [0.15, 0.2) is 11.5 Å². The molecule has 4 nitrogen and oxygen atoms in total. The molecule has 2 aromatic carbocycles. The van der Waals surface area contributed by atoms with Gasteiger partial charge in [0, 0.05) is 0 Å². The molecule has 0 heterocycles. The normalized spacial score (nSPS) is 10.2. The Kier molecular flexibility index (Phi) is 5.87. The number of ether oxygens (including phenoxy) is 3. The first-order valence-corrected chi connectivity index (χ1v) is 7.59. The first-order chi connectivity index (χ1) is 11.2. The van der Waals surface area contributed by atoms with Gasteiger partial charge < -0.3 is 14.2 Å². The fourth-order valence-electron chi connectivity index (χ4n) is 2.30. The molecule has 0 unspecified atom stereocenters. The summed E-state index contributed by atoms with van der Waals surface area (Å²) in [6.45, 7) is 4.99. The second kappa shape index (κ2) is 8.09. The van der Waals surface area contributed by atoms with Crippen LogP contribution in [-0.2, 0) is 0 Å². The van der Waals surface area contributed by atoms with Crippen LogP contribution in [0.5, 0.6) is 17.2 Å². The maximum Gasteiger partial charge on any atom is 0.179 e. The van der Waals surface area contributed by atoms with E-state index in [2.05, 4.69) is 26.0 Å². The van der Waals surface area contributed by atoms with Crippen LogP contribution in [0.4, 0.5) is 0 Å². The highest BCUT2D eigenvalue weighted by Crippen LogP contribution is 2.30. The highest BCUT2D eigenvalue weighted by atomic mass is 16.5. The van der Waals surface area contributed by atoms with E-state index < -0.39 is 0 Å². The van der Waals surface area contributed by atoms with Crippen LogP contribution in [0.2, 0.25) is 0 Å². The summed E-state index contributed by atoms with van der Waals surface area (Å²) in [6.07, 6.45) is 0. The number of para-hydroxylation sites is 2. The minimum Gasteiger partial charge on any atom is -0.493 e. The van der Waals surface area contributed by atoms with E-state index in [4.69, 9.17) is 19.5 Å². The van der Waals surface area contributed by atoms with Crippen LogP contribution in [0.1, 0.15) is 30.9 Å². The Morgan fingerprint density at radius 1 is 0.957 bits per heavy atom. The van der Waals surface area contributed by atoms with Crippen molar-refractivity contribution >= 4 is 0 Å². The fourth-order valence-corrected chi connectivity index (χ4v) is 2.30. The van der Waals surface area contributed by atoms with Gasteiger partial charge in [0.2, 0.25) is 0 Å². The van der Waals surface area contributed by atoms with Crippen LogP contribution in [0.3, 0.4) is 0 Å². The van der Waals surface area contributed by atoms with Gasteiger partial charge in [-0.3, -0.25) is 0 Å². The Morgan fingerprint density at radius 3 is 2.35 bits per heavy atom. The van der Waals surface area contributed by atoms with Gasteiger partial charge in [-0.05, 0) is 29.7 Å². The van der Waals surface area contributed by atoms with Crippen molar-refractivity contribution in [3.63, 3.8) is 0 Å². The molecule has 0 atom stereocenters. The average molecular weight is 311 g/mol. The van der Waals surface area contributed by atoms with Crippen molar-refractivity contribution in [2.24, 2.45) is 0 Å². The number of rotatable bonds is 7. The van der Waals surface area contributed by atoms with E-state index in [1.165, 1.54) is 5.56 Å². The van der Waals surface area contributed by atoms with Gasteiger partial charge in [-0.2, -0.15) is 5.26 Å². The van der Waals surface area contributed by atoms with Crippen LogP contribution in [0.25, 0.3) is 0 Å². The lowest BCUT2D eigenvalue weighted by atomic mass is 10.0. The van der Waals surface area contributed by atoms with E-state index in [0.717, 1.165) is 5.75 Å². The standard InChI is InChI=1S/C19H21NO3/c1-14(2)16-8-4-5-9-17(16)22-11-12-23-19-15(13-20)7-6-10-18(19)21-3/h4-10,14H,11-12H2,1-3H3. The Labute approximate surface area is 137 Å². The fraction of sp³-hybridized carbons (Fsp3) is 0.316. The molecule has 0 aliphatic heterocycles. The number of nitriles is 1. The van der Waals surface area contributed by atoms with E-state index in [9.17, 15) is 0 Å². The lowest BCUT2D eigenvalue weighted by Gasteiger charge is -2.15. The lowest BCUT2D eigenvalue weighted by Crippen LogP contribution is -2.11. The zero-order valence-corrected chi connectivity index (χ0v) is 13.7. The molecular weight excluding hydrogens is 290 g/mol. The quantitative estimate of drug-likeness (QED) is 0.721. The molecule has 120 valence electrons. The van der Waals surface area contributed by atoms with E-state index in [0.29, 0.717) is 36.2 Å². The third kappa shape index (κ3) is 4.17. The number of hydrogen-bond donors (Lipinski definition) is 0. The van der Waals surface area contributed by atoms with Crippen LogP contribution < -0.4 is 14.2 Å². The highest BCUT2D eigenvalue weighted by Gasteiger charge is 2.11. The first kappa shape index (κ1) is 16.7. The Hall–Kier alpha value is -2.67. The molecule has 0 saturated carbocycles. The summed E-state index contributed by atoms with van der Waals surface area (Å²) < 4.78 is 16.8. The minimum atomic E-state index is 0.335. The smallest absolute Gasteiger partial charge is 0.179 e. The average Bonchev–Trinajstić information content (AvgIpc) is 2.58. The first-order valence-electron chi connectivity index (χ1n) is 7.59. The molecule has 0 amide bonds. The zero-order valence-electron chi connectivity index (χ0n) is 13.7. The van der Waals surface area contributed by atoms with E-state index in [1.807, 2.05) is 18.2 Å². The van der Waals surface area contributed by atoms with Crippen molar-refractivity contribution in [1.29, 1.82) is 5.26 Å². The van der Waals surface area contributed by atoms with Gasteiger partial charge in [-0.1, -0.05) is 38.1 Å². The zero-order chi connectivity index (χ0) is 16.7. The Bertz CT molecular complexity index is 689. The SMILES string of the molecule is COc1cccc(C#N)c1OCCOc1ccccc1C(C)C. The van der Waals surface area contributed by atoms with E-state index in [-0.39, 0.29) is 0 Å². The van der Waals surface area contributed by atoms with E-state index >= 15 is 0 Å². The molecule has 0 radical (unpaired) electrons. The van der Waals surface area contributed by atoms with Gasteiger partial charge in [0.1, 0.15) is 25.0 Å². The maximum absolute atomic E-state index is 9.15. The van der Waals surface area contributed by atoms with Crippen molar-refractivity contribution < 1.29 is 14.2 Å². The summed E-state index contributed by atoms with van der Waals surface area (Å²) in [6, 6.07) is 15.3. The van der Waals surface area contributed by atoms with Crippen molar-refractivity contribution in [2.75, 3.05) is 20.3 Å². The summed E-state index contributed by atoms with van der Waals surface area (Å²) in [7, 11) is 1.55. The van der Waals surface area contributed by atoms with E-state index in [1.54, 1.807) is 25.3 Å². The van der Waals surface area contributed by atoms with Crippen molar-refractivity contribution in [1.82, 2.24) is 0 Å². The molecule has 2 aromatic rings. The molecule has 0 saturated heterocycles. The molecular formula is C19H21NO3. The summed E-state index contributed by atoms with van der Waals surface area (Å²) >= 11 is 0. The van der Waals surface area contributed by atoms with Crippen molar-refractivity contribution in [3.8, 4) is 23.3 Å². The Morgan fingerprint density at radius 2 is 1.65 bits per heavy atom. The molecule has 4 heteroatoms. The maximum atomic E-state index is 9.15. The molecule has 0 bridgehead atoms. The van der Waals surface area contributed by atoms with Gasteiger partial charge in [0.05, 0.1) is 12.7 Å². The summed E-state index contributed by atoms with van der Waals surface area (Å²) in [5.74, 6) is 2.27. The summed E-state index contributed by atoms with van der Waals surface area (Å²) in [5.41, 5.74) is 1.62. The van der Waals surface area contributed by atoms with Crippen molar-refractivity contribution in [3.05, 3.63) is 53.6 Å². The third-order valence-electron chi connectivity index (χ3n) is 3.45. The molecule has 0 aliphatic carbocycles. The molecule has 0 spiro atoms. The molecule has 23 heavy (non-hydrogen) atoms.